The van der Waals surface area contributed by atoms with Gasteiger partial charge in [0.15, 0.2) is 5.78 Å². The molecule has 2 bridgehead atoms. The number of aliphatic hydroxyl groups is 1. The van der Waals surface area contributed by atoms with Crippen molar-refractivity contribution >= 4 is 5.78 Å². The molecule has 3 atom stereocenters. The Morgan fingerprint density at radius 3 is 2.41 bits per heavy atom. The first-order valence-corrected chi connectivity index (χ1v) is 9.64. The molecule has 5 heteroatoms. The molecular weight excluding hydrogens is 338 g/mol. The van der Waals surface area contributed by atoms with Gasteiger partial charge in [-0.2, -0.15) is 5.26 Å². The lowest BCUT2D eigenvalue weighted by Gasteiger charge is -2.36. The highest BCUT2D eigenvalue weighted by molar-refractivity contribution is 5.99. The molecular formula is C22H25N3O2. The Kier molecular flexibility index (Phi) is 4.63. The number of hydrogen-bond donors (Lipinski definition) is 1. The predicted molar refractivity (Wildman–Crippen MR) is 103 cm³/mol. The van der Waals surface area contributed by atoms with E-state index < -0.39 is 0 Å². The van der Waals surface area contributed by atoms with Crippen LogP contribution in [0.25, 0.3) is 5.69 Å². The molecule has 2 fully saturated rings. The first kappa shape index (κ1) is 18.0. The van der Waals surface area contributed by atoms with Gasteiger partial charge in [0.2, 0.25) is 0 Å². The van der Waals surface area contributed by atoms with Crippen molar-refractivity contribution in [1.82, 2.24) is 9.47 Å². The highest BCUT2D eigenvalue weighted by atomic mass is 16.3. The quantitative estimate of drug-likeness (QED) is 0.848. The molecule has 1 unspecified atom stereocenters. The zero-order valence-corrected chi connectivity index (χ0v) is 15.9. The van der Waals surface area contributed by atoms with Gasteiger partial charge in [-0.15, -0.1) is 0 Å². The van der Waals surface area contributed by atoms with E-state index in [1.807, 2.05) is 32.0 Å². The van der Waals surface area contributed by atoms with Crippen molar-refractivity contribution < 1.29 is 9.90 Å². The van der Waals surface area contributed by atoms with Crippen LogP contribution in [0.2, 0.25) is 0 Å². The highest BCUT2D eigenvalue weighted by Gasteiger charge is 2.41. The maximum Gasteiger partial charge on any atom is 0.178 e. The maximum absolute atomic E-state index is 13.1. The Labute approximate surface area is 159 Å². The van der Waals surface area contributed by atoms with Gasteiger partial charge >= 0.3 is 0 Å². The third-order valence-corrected chi connectivity index (χ3v) is 6.17. The maximum atomic E-state index is 13.1. The molecule has 1 aromatic heterocycles. The van der Waals surface area contributed by atoms with Crippen LogP contribution >= 0.6 is 0 Å². The number of aromatic nitrogens is 1. The minimum atomic E-state index is -0.213. The number of rotatable bonds is 4. The monoisotopic (exact) mass is 363 g/mol. The van der Waals surface area contributed by atoms with Crippen molar-refractivity contribution in [2.24, 2.45) is 0 Å². The lowest BCUT2D eigenvalue weighted by molar-refractivity contribution is 0.0344. The Bertz CT molecular complexity index is 893. The van der Waals surface area contributed by atoms with E-state index in [1.54, 1.807) is 12.1 Å². The molecule has 2 saturated heterocycles. The highest BCUT2D eigenvalue weighted by Crippen LogP contribution is 2.36. The number of aliphatic hydroxyl groups excluding tert-OH is 1. The van der Waals surface area contributed by atoms with Gasteiger partial charge in [-0.25, -0.2) is 0 Å². The first-order chi connectivity index (χ1) is 13.0. The van der Waals surface area contributed by atoms with Crippen molar-refractivity contribution in [3.8, 4) is 11.8 Å². The number of hydrogen-bond acceptors (Lipinski definition) is 4. The average Bonchev–Trinajstić information content (AvgIpc) is 3.07. The summed E-state index contributed by atoms with van der Waals surface area (Å²) in [6, 6.07) is 12.2. The standard InChI is InChI=1S/C22H25N3O2/c1-14-9-21(15(2)25(14)17-5-3-16(12-23)4-6-17)22(27)13-24-18-7-8-19(24)11-20(26)10-18/h3-6,9,18-20,26H,7-8,10-11,13H2,1-2H3/t18-,19+,20?. The second-order valence-electron chi connectivity index (χ2n) is 7.88. The molecule has 2 aliphatic heterocycles. The van der Waals surface area contributed by atoms with Crippen LogP contribution in [0.1, 0.15) is 53.0 Å². The molecule has 2 aliphatic rings. The molecule has 1 aromatic carbocycles. The SMILES string of the molecule is Cc1cc(C(=O)CN2[C@@H]3CC[C@H]2CC(O)C3)c(C)n1-c1ccc(C#N)cc1. The predicted octanol–water partition coefficient (Wildman–Crippen LogP) is 3.14. The second kappa shape index (κ2) is 6.95. The van der Waals surface area contributed by atoms with Crippen LogP contribution in [0, 0.1) is 25.2 Å². The van der Waals surface area contributed by atoms with Crippen LogP contribution in [0.5, 0.6) is 0 Å². The van der Waals surface area contributed by atoms with E-state index in [1.165, 1.54) is 0 Å². The number of carbonyl (C=O) groups excluding carboxylic acids is 1. The molecule has 27 heavy (non-hydrogen) atoms. The number of nitriles is 1. The molecule has 0 radical (unpaired) electrons. The molecule has 0 saturated carbocycles. The molecule has 140 valence electrons. The summed E-state index contributed by atoms with van der Waals surface area (Å²) in [5.41, 5.74) is 4.30. The molecule has 0 aliphatic carbocycles. The van der Waals surface area contributed by atoms with Crippen molar-refractivity contribution in [3.63, 3.8) is 0 Å². The third kappa shape index (κ3) is 3.20. The normalized spacial score (nSPS) is 24.7. The summed E-state index contributed by atoms with van der Waals surface area (Å²) in [4.78, 5) is 15.4. The van der Waals surface area contributed by atoms with E-state index in [4.69, 9.17) is 5.26 Å². The lowest BCUT2D eigenvalue weighted by Crippen LogP contribution is -2.46. The van der Waals surface area contributed by atoms with E-state index >= 15 is 0 Å². The largest absolute Gasteiger partial charge is 0.393 e. The summed E-state index contributed by atoms with van der Waals surface area (Å²) in [6.07, 6.45) is 3.52. The van der Waals surface area contributed by atoms with Crippen molar-refractivity contribution in [1.29, 1.82) is 5.26 Å². The van der Waals surface area contributed by atoms with Gasteiger partial charge in [-0.1, -0.05) is 0 Å². The number of carbonyl (C=O) groups is 1. The molecule has 1 N–H and O–H groups in total. The van der Waals surface area contributed by atoms with Crippen LogP contribution in [0.4, 0.5) is 0 Å². The smallest absolute Gasteiger partial charge is 0.178 e. The summed E-state index contributed by atoms with van der Waals surface area (Å²) in [6.45, 7) is 4.41. The van der Waals surface area contributed by atoms with Gasteiger partial charge in [0.05, 0.1) is 24.3 Å². The van der Waals surface area contributed by atoms with Crippen LogP contribution in [0.15, 0.2) is 30.3 Å². The number of aryl methyl sites for hydroxylation is 1. The molecule has 0 spiro atoms. The molecule has 3 heterocycles. The van der Waals surface area contributed by atoms with Gasteiger partial charge < -0.3 is 9.67 Å². The minimum absolute atomic E-state index is 0.149. The third-order valence-electron chi connectivity index (χ3n) is 6.17. The average molecular weight is 363 g/mol. The summed E-state index contributed by atoms with van der Waals surface area (Å²) < 4.78 is 2.07. The topological polar surface area (TPSA) is 69.3 Å². The van der Waals surface area contributed by atoms with Crippen molar-refractivity contribution in [2.45, 2.75) is 57.7 Å². The van der Waals surface area contributed by atoms with Crippen molar-refractivity contribution in [2.75, 3.05) is 6.54 Å². The van der Waals surface area contributed by atoms with E-state index in [0.29, 0.717) is 24.2 Å². The lowest BCUT2D eigenvalue weighted by atomic mass is 9.99. The van der Waals surface area contributed by atoms with Gasteiger partial charge in [0.1, 0.15) is 0 Å². The molecule has 0 amide bonds. The number of fused-ring (bicyclic) bond motifs is 2. The molecule has 5 nitrogen and oxygen atoms in total. The number of piperidine rings is 1. The Balaban J connectivity index is 1.58. The van der Waals surface area contributed by atoms with Crippen LogP contribution in [-0.4, -0.2) is 45.1 Å². The van der Waals surface area contributed by atoms with Gasteiger partial charge in [0, 0.05) is 34.7 Å². The van der Waals surface area contributed by atoms with Gasteiger partial charge in [-0.05, 0) is 69.9 Å². The Morgan fingerprint density at radius 1 is 1.19 bits per heavy atom. The van der Waals surface area contributed by atoms with E-state index in [9.17, 15) is 9.90 Å². The van der Waals surface area contributed by atoms with E-state index in [2.05, 4.69) is 15.5 Å². The van der Waals surface area contributed by atoms with Gasteiger partial charge in [0.25, 0.3) is 0 Å². The van der Waals surface area contributed by atoms with Crippen molar-refractivity contribution in [3.05, 3.63) is 52.8 Å². The summed E-state index contributed by atoms with van der Waals surface area (Å²) in [7, 11) is 0. The minimum Gasteiger partial charge on any atom is -0.393 e. The molecule has 4 rings (SSSR count). The summed E-state index contributed by atoms with van der Waals surface area (Å²) in [5, 5.41) is 19.0. The van der Waals surface area contributed by atoms with Crippen LogP contribution in [0.3, 0.4) is 0 Å². The Morgan fingerprint density at radius 2 is 1.81 bits per heavy atom. The second-order valence-corrected chi connectivity index (χ2v) is 7.88. The number of benzene rings is 1. The first-order valence-electron chi connectivity index (χ1n) is 9.64. The van der Waals surface area contributed by atoms with Crippen LogP contribution < -0.4 is 0 Å². The molecule has 2 aromatic rings. The fourth-order valence-electron chi connectivity index (χ4n) is 4.88. The van der Waals surface area contributed by atoms with Gasteiger partial charge in [-0.3, -0.25) is 9.69 Å². The number of Topliss-reactive ketones (excluding diaryl/α,β-unsaturated/α-hetero) is 1. The van der Waals surface area contributed by atoms with E-state index in [-0.39, 0.29) is 11.9 Å². The zero-order valence-electron chi connectivity index (χ0n) is 15.9. The van der Waals surface area contributed by atoms with E-state index in [0.717, 1.165) is 48.3 Å². The van der Waals surface area contributed by atoms with Crippen LogP contribution in [-0.2, 0) is 0 Å². The fraction of sp³-hybridized carbons (Fsp3) is 0.455. The summed E-state index contributed by atoms with van der Waals surface area (Å²) >= 11 is 0. The summed E-state index contributed by atoms with van der Waals surface area (Å²) in [5.74, 6) is 0.149. The Hall–Kier alpha value is -2.42. The number of nitrogens with zero attached hydrogens (tertiary/aromatic N) is 3. The zero-order chi connectivity index (χ0) is 19.1. The fourth-order valence-corrected chi connectivity index (χ4v) is 4.88. The number of ketones is 1.